The molecule has 21 heavy (non-hydrogen) atoms. The van der Waals surface area contributed by atoms with Crippen LogP contribution in [0.25, 0.3) is 0 Å². The summed E-state index contributed by atoms with van der Waals surface area (Å²) in [5, 5.41) is 11.1. The lowest BCUT2D eigenvalue weighted by Gasteiger charge is -2.29. The number of benzene rings is 2. The topological polar surface area (TPSA) is 72.6 Å². The van der Waals surface area contributed by atoms with E-state index in [2.05, 4.69) is 0 Å². The zero-order valence-corrected chi connectivity index (χ0v) is 11.9. The molecule has 110 valence electrons. The van der Waals surface area contributed by atoms with Crippen LogP contribution in [0.2, 0.25) is 0 Å². The van der Waals surface area contributed by atoms with Crippen LogP contribution in [-0.4, -0.2) is 23.7 Å². The zero-order chi connectivity index (χ0) is 15.3. The summed E-state index contributed by atoms with van der Waals surface area (Å²) in [6.07, 6.45) is 0. The molecule has 0 radical (unpaired) electrons. The predicted molar refractivity (Wildman–Crippen MR) is 80.5 cm³/mol. The maximum Gasteiger partial charge on any atom is 0.322 e. The molecule has 4 nitrogen and oxygen atoms in total. The first kappa shape index (κ1) is 15.2. The van der Waals surface area contributed by atoms with E-state index in [1.165, 1.54) is 0 Å². The third-order valence-electron chi connectivity index (χ3n) is 3.30. The van der Waals surface area contributed by atoms with Gasteiger partial charge in [-0.2, -0.15) is 0 Å². The monoisotopic (exact) mass is 285 g/mol. The summed E-state index contributed by atoms with van der Waals surface area (Å²) in [7, 11) is 0. The minimum atomic E-state index is -1.40. The molecule has 0 amide bonds. The Morgan fingerprint density at radius 3 is 1.90 bits per heavy atom. The van der Waals surface area contributed by atoms with Crippen molar-refractivity contribution < 1.29 is 14.6 Å². The lowest BCUT2D eigenvalue weighted by atomic mass is 9.87. The zero-order valence-electron chi connectivity index (χ0n) is 11.9. The molecule has 2 aromatic carbocycles. The first-order valence-electron chi connectivity index (χ1n) is 6.79. The van der Waals surface area contributed by atoms with Gasteiger partial charge in [-0.3, -0.25) is 4.79 Å². The van der Waals surface area contributed by atoms with Crippen LogP contribution in [0.15, 0.2) is 60.7 Å². The smallest absolute Gasteiger partial charge is 0.322 e. The summed E-state index contributed by atoms with van der Waals surface area (Å²) in [5.74, 6) is -0.541. The molecule has 0 saturated heterocycles. The van der Waals surface area contributed by atoms with Gasteiger partial charge in [0.15, 0.2) is 0 Å². The van der Waals surface area contributed by atoms with Gasteiger partial charge in [0.2, 0.25) is 0 Å². The molecule has 0 bridgehead atoms. The Hall–Kier alpha value is -2.17. The number of rotatable bonds is 5. The van der Waals surface area contributed by atoms with Gasteiger partial charge < -0.3 is 15.6 Å². The highest BCUT2D eigenvalue weighted by molar-refractivity contribution is 5.75. The van der Waals surface area contributed by atoms with Crippen LogP contribution in [0, 0.1) is 0 Å². The minimum absolute atomic E-state index is 0.179. The Bertz CT molecular complexity index is 542. The summed E-state index contributed by atoms with van der Waals surface area (Å²) in [6, 6.07) is 17.5. The molecule has 3 N–H and O–H groups in total. The van der Waals surface area contributed by atoms with Gasteiger partial charge in [-0.25, -0.2) is 0 Å². The molecule has 1 unspecified atom stereocenters. The molecule has 0 aliphatic rings. The lowest BCUT2D eigenvalue weighted by Crippen LogP contribution is -2.37. The summed E-state index contributed by atoms with van der Waals surface area (Å²) in [4.78, 5) is 11.6. The van der Waals surface area contributed by atoms with Crippen LogP contribution in [0.5, 0.6) is 0 Å². The molecular formula is C17H19NO3. The van der Waals surface area contributed by atoms with Crippen molar-refractivity contribution in [2.24, 2.45) is 5.73 Å². The Balaban J connectivity index is 2.34. The van der Waals surface area contributed by atoms with E-state index in [4.69, 9.17) is 10.5 Å². The number of hydrogen-bond acceptors (Lipinski definition) is 4. The fraction of sp³-hybridized carbons (Fsp3) is 0.235. The summed E-state index contributed by atoms with van der Waals surface area (Å²) >= 11 is 0. The number of esters is 1. The molecule has 1 atom stereocenters. The molecule has 4 heteroatoms. The maximum atomic E-state index is 11.6. The molecule has 0 aliphatic heterocycles. The highest BCUT2D eigenvalue weighted by atomic mass is 16.5. The molecular weight excluding hydrogens is 266 g/mol. The van der Waals surface area contributed by atoms with Crippen LogP contribution in [0.3, 0.4) is 0 Å². The van der Waals surface area contributed by atoms with Crippen molar-refractivity contribution in [2.75, 3.05) is 6.61 Å². The fourth-order valence-corrected chi connectivity index (χ4v) is 2.07. The number of nitrogens with two attached hydrogens (primary N) is 1. The van der Waals surface area contributed by atoms with Crippen LogP contribution in [0.1, 0.15) is 18.1 Å². The molecule has 2 aromatic rings. The van der Waals surface area contributed by atoms with Gasteiger partial charge in [-0.15, -0.1) is 0 Å². The van der Waals surface area contributed by atoms with Gasteiger partial charge in [-0.1, -0.05) is 60.7 Å². The van der Waals surface area contributed by atoms with E-state index in [0.29, 0.717) is 11.1 Å². The van der Waals surface area contributed by atoms with E-state index in [0.717, 1.165) is 0 Å². The number of carbonyl (C=O) groups is 1. The van der Waals surface area contributed by atoms with Crippen LogP contribution in [0.4, 0.5) is 0 Å². The molecule has 0 saturated carbocycles. The number of aliphatic hydroxyl groups is 1. The average molecular weight is 285 g/mol. The van der Waals surface area contributed by atoms with E-state index in [1.54, 1.807) is 31.2 Å². The molecule has 2 rings (SSSR count). The van der Waals surface area contributed by atoms with E-state index < -0.39 is 17.6 Å². The van der Waals surface area contributed by atoms with E-state index >= 15 is 0 Å². The summed E-state index contributed by atoms with van der Waals surface area (Å²) < 4.78 is 5.16. The Morgan fingerprint density at radius 2 is 1.52 bits per heavy atom. The number of hydrogen-bond donors (Lipinski definition) is 2. The van der Waals surface area contributed by atoms with Gasteiger partial charge in [0.05, 0.1) is 0 Å². The van der Waals surface area contributed by atoms with E-state index in [9.17, 15) is 9.90 Å². The second kappa shape index (κ2) is 6.52. The highest BCUT2D eigenvalue weighted by Gasteiger charge is 2.33. The summed E-state index contributed by atoms with van der Waals surface area (Å²) in [6.45, 7) is 1.37. The Kier molecular flexibility index (Phi) is 4.73. The third kappa shape index (κ3) is 3.48. The van der Waals surface area contributed by atoms with Crippen molar-refractivity contribution in [1.82, 2.24) is 0 Å². The SMILES string of the molecule is CC(N)C(=O)OCC(O)(c1ccccc1)c1ccccc1. The second-order valence-electron chi connectivity index (χ2n) is 4.99. The first-order chi connectivity index (χ1) is 10.0. The van der Waals surface area contributed by atoms with Gasteiger partial charge >= 0.3 is 5.97 Å². The van der Waals surface area contributed by atoms with Crippen molar-refractivity contribution in [3.8, 4) is 0 Å². The van der Waals surface area contributed by atoms with Gasteiger partial charge in [-0.05, 0) is 18.1 Å². The Labute approximate surface area is 124 Å². The normalized spacial score (nSPS) is 12.7. The quantitative estimate of drug-likeness (QED) is 0.822. The first-order valence-corrected chi connectivity index (χ1v) is 6.79. The average Bonchev–Trinajstić information content (AvgIpc) is 2.53. The highest BCUT2D eigenvalue weighted by Crippen LogP contribution is 2.29. The van der Waals surface area contributed by atoms with E-state index in [-0.39, 0.29) is 6.61 Å². The predicted octanol–water partition coefficient (Wildman–Crippen LogP) is 1.81. The van der Waals surface area contributed by atoms with Crippen molar-refractivity contribution in [1.29, 1.82) is 0 Å². The number of carbonyl (C=O) groups excluding carboxylic acids is 1. The van der Waals surface area contributed by atoms with Crippen molar-refractivity contribution in [2.45, 2.75) is 18.6 Å². The van der Waals surface area contributed by atoms with Gasteiger partial charge in [0, 0.05) is 0 Å². The molecule has 0 fully saturated rings. The molecule has 0 aliphatic carbocycles. The van der Waals surface area contributed by atoms with Gasteiger partial charge in [0.1, 0.15) is 18.2 Å². The maximum absolute atomic E-state index is 11.6. The largest absolute Gasteiger partial charge is 0.461 e. The van der Waals surface area contributed by atoms with Crippen LogP contribution in [-0.2, 0) is 15.1 Å². The number of ether oxygens (including phenoxy) is 1. The van der Waals surface area contributed by atoms with Gasteiger partial charge in [0.25, 0.3) is 0 Å². The molecule has 0 aromatic heterocycles. The fourth-order valence-electron chi connectivity index (χ4n) is 2.07. The second-order valence-corrected chi connectivity index (χ2v) is 4.99. The van der Waals surface area contributed by atoms with Crippen molar-refractivity contribution in [3.05, 3.63) is 71.8 Å². The van der Waals surface area contributed by atoms with Crippen molar-refractivity contribution in [3.63, 3.8) is 0 Å². The van der Waals surface area contributed by atoms with Crippen molar-refractivity contribution >= 4 is 5.97 Å². The standard InChI is InChI=1S/C17H19NO3/c1-13(18)16(19)21-12-17(20,14-8-4-2-5-9-14)15-10-6-3-7-11-15/h2-11,13,20H,12,18H2,1H3. The summed E-state index contributed by atoms with van der Waals surface area (Å²) in [5.41, 5.74) is 5.41. The molecule has 0 spiro atoms. The van der Waals surface area contributed by atoms with Crippen LogP contribution < -0.4 is 5.73 Å². The lowest BCUT2D eigenvalue weighted by molar-refractivity contribution is -0.151. The van der Waals surface area contributed by atoms with Crippen LogP contribution >= 0.6 is 0 Å². The molecule has 0 heterocycles. The van der Waals surface area contributed by atoms with E-state index in [1.807, 2.05) is 36.4 Å². The third-order valence-corrected chi connectivity index (χ3v) is 3.30. The minimum Gasteiger partial charge on any atom is -0.461 e. The Morgan fingerprint density at radius 1 is 1.10 bits per heavy atom.